The second-order valence-corrected chi connectivity index (χ2v) is 4.07. The fourth-order valence-corrected chi connectivity index (χ4v) is 1.90. The average molecular weight is 223 g/mol. The van der Waals surface area contributed by atoms with Crippen molar-refractivity contribution in [2.75, 3.05) is 13.2 Å². The molecule has 0 atom stereocenters. The van der Waals surface area contributed by atoms with Crippen LogP contribution in [0.3, 0.4) is 0 Å². The highest BCUT2D eigenvalue weighted by molar-refractivity contribution is 5.91. The SMILES string of the molecule is O=C(NCCO)C1(c2cccc(F)c2)CC1. The van der Waals surface area contributed by atoms with Gasteiger partial charge in [0.05, 0.1) is 12.0 Å². The van der Waals surface area contributed by atoms with Gasteiger partial charge in [-0.25, -0.2) is 4.39 Å². The first-order valence-corrected chi connectivity index (χ1v) is 5.34. The summed E-state index contributed by atoms with van der Waals surface area (Å²) in [5.41, 5.74) is 0.167. The fourth-order valence-electron chi connectivity index (χ4n) is 1.90. The Balaban J connectivity index is 2.16. The summed E-state index contributed by atoms with van der Waals surface area (Å²) < 4.78 is 13.1. The molecule has 1 fully saturated rings. The van der Waals surface area contributed by atoms with Crippen LogP contribution in [0.4, 0.5) is 4.39 Å². The lowest BCUT2D eigenvalue weighted by molar-refractivity contribution is -0.123. The molecule has 2 N–H and O–H groups in total. The molecule has 86 valence electrons. The van der Waals surface area contributed by atoms with Crippen LogP contribution in [0.25, 0.3) is 0 Å². The number of carbonyl (C=O) groups is 1. The molecule has 0 spiro atoms. The van der Waals surface area contributed by atoms with Gasteiger partial charge in [-0.3, -0.25) is 4.79 Å². The van der Waals surface area contributed by atoms with E-state index in [0.717, 1.165) is 18.4 Å². The fraction of sp³-hybridized carbons (Fsp3) is 0.417. The van der Waals surface area contributed by atoms with Gasteiger partial charge in [-0.1, -0.05) is 12.1 Å². The van der Waals surface area contributed by atoms with Crippen LogP contribution in [0.2, 0.25) is 0 Å². The third-order valence-electron chi connectivity index (χ3n) is 2.96. The highest BCUT2D eigenvalue weighted by atomic mass is 19.1. The number of hydrogen-bond donors (Lipinski definition) is 2. The minimum atomic E-state index is -0.558. The topological polar surface area (TPSA) is 49.3 Å². The van der Waals surface area contributed by atoms with E-state index in [-0.39, 0.29) is 24.9 Å². The minimum Gasteiger partial charge on any atom is -0.395 e. The van der Waals surface area contributed by atoms with E-state index in [1.807, 2.05) is 0 Å². The largest absolute Gasteiger partial charge is 0.395 e. The molecule has 4 heteroatoms. The van der Waals surface area contributed by atoms with E-state index in [1.165, 1.54) is 12.1 Å². The van der Waals surface area contributed by atoms with Crippen LogP contribution in [0.15, 0.2) is 24.3 Å². The number of aliphatic hydroxyl groups excluding tert-OH is 1. The van der Waals surface area contributed by atoms with Crippen LogP contribution in [-0.2, 0) is 10.2 Å². The highest BCUT2D eigenvalue weighted by Gasteiger charge is 2.51. The second kappa shape index (κ2) is 4.22. The Kier molecular flexibility index (Phi) is 2.92. The quantitative estimate of drug-likeness (QED) is 0.799. The molecule has 1 aliphatic rings. The van der Waals surface area contributed by atoms with E-state index >= 15 is 0 Å². The molecule has 1 aromatic carbocycles. The summed E-state index contributed by atoms with van der Waals surface area (Å²) in [4.78, 5) is 11.9. The summed E-state index contributed by atoms with van der Waals surface area (Å²) in [6, 6.07) is 6.16. The number of amides is 1. The van der Waals surface area contributed by atoms with E-state index in [2.05, 4.69) is 5.32 Å². The molecule has 0 bridgehead atoms. The van der Waals surface area contributed by atoms with Gasteiger partial charge in [0.25, 0.3) is 0 Å². The highest BCUT2D eigenvalue weighted by Crippen LogP contribution is 2.48. The molecule has 1 saturated carbocycles. The van der Waals surface area contributed by atoms with Gasteiger partial charge >= 0.3 is 0 Å². The van der Waals surface area contributed by atoms with Crippen LogP contribution in [0.1, 0.15) is 18.4 Å². The monoisotopic (exact) mass is 223 g/mol. The third kappa shape index (κ3) is 1.93. The summed E-state index contributed by atoms with van der Waals surface area (Å²) in [5, 5.41) is 11.3. The number of benzene rings is 1. The number of hydrogen-bond acceptors (Lipinski definition) is 2. The molecule has 0 unspecified atom stereocenters. The number of carbonyl (C=O) groups excluding carboxylic acids is 1. The molecular formula is C12H14FNO2. The van der Waals surface area contributed by atoms with E-state index < -0.39 is 5.41 Å². The number of aliphatic hydroxyl groups is 1. The normalized spacial score (nSPS) is 16.9. The number of halogens is 1. The van der Waals surface area contributed by atoms with Crippen molar-refractivity contribution in [2.24, 2.45) is 0 Å². The molecule has 1 aromatic rings. The van der Waals surface area contributed by atoms with Crippen LogP contribution in [0, 0.1) is 5.82 Å². The van der Waals surface area contributed by atoms with Crippen LogP contribution in [-0.4, -0.2) is 24.2 Å². The lowest BCUT2D eigenvalue weighted by Crippen LogP contribution is -2.36. The van der Waals surface area contributed by atoms with E-state index in [0.29, 0.717) is 0 Å². The molecule has 0 radical (unpaired) electrons. The van der Waals surface area contributed by atoms with Crippen molar-refractivity contribution in [2.45, 2.75) is 18.3 Å². The Bertz CT molecular complexity index is 402. The van der Waals surface area contributed by atoms with E-state index in [1.54, 1.807) is 12.1 Å². The van der Waals surface area contributed by atoms with Crippen molar-refractivity contribution < 1.29 is 14.3 Å². The Morgan fingerprint density at radius 1 is 1.50 bits per heavy atom. The molecule has 0 heterocycles. The predicted octanol–water partition coefficient (Wildman–Crippen LogP) is 0.966. The third-order valence-corrected chi connectivity index (χ3v) is 2.96. The lowest BCUT2D eigenvalue weighted by Gasteiger charge is -2.15. The zero-order valence-corrected chi connectivity index (χ0v) is 8.87. The first-order chi connectivity index (χ1) is 7.69. The lowest BCUT2D eigenvalue weighted by atomic mass is 9.95. The molecule has 1 amide bonds. The van der Waals surface area contributed by atoms with E-state index in [9.17, 15) is 9.18 Å². The van der Waals surface area contributed by atoms with Crippen LogP contribution >= 0.6 is 0 Å². The van der Waals surface area contributed by atoms with Crippen molar-refractivity contribution >= 4 is 5.91 Å². The summed E-state index contributed by atoms with van der Waals surface area (Å²) in [6.07, 6.45) is 1.49. The Morgan fingerprint density at radius 3 is 2.81 bits per heavy atom. The predicted molar refractivity (Wildman–Crippen MR) is 57.4 cm³/mol. The molecule has 2 rings (SSSR count). The molecular weight excluding hydrogens is 209 g/mol. The van der Waals surface area contributed by atoms with Crippen molar-refractivity contribution in [1.29, 1.82) is 0 Å². The van der Waals surface area contributed by atoms with Crippen LogP contribution < -0.4 is 5.32 Å². The Morgan fingerprint density at radius 2 is 2.25 bits per heavy atom. The smallest absolute Gasteiger partial charge is 0.230 e. The van der Waals surface area contributed by atoms with Gasteiger partial charge in [-0.2, -0.15) is 0 Å². The zero-order chi connectivity index (χ0) is 11.6. The maximum atomic E-state index is 13.1. The standard InChI is InChI=1S/C12H14FNO2/c13-10-3-1-2-9(8-10)12(4-5-12)11(16)14-6-7-15/h1-3,8,15H,4-7H2,(H,14,16). The molecule has 1 aliphatic carbocycles. The Hall–Kier alpha value is -1.42. The van der Waals surface area contributed by atoms with Crippen molar-refractivity contribution in [3.8, 4) is 0 Å². The summed E-state index contributed by atoms with van der Waals surface area (Å²) >= 11 is 0. The zero-order valence-electron chi connectivity index (χ0n) is 8.87. The van der Waals surface area contributed by atoms with Gasteiger partial charge in [0.2, 0.25) is 5.91 Å². The first kappa shape index (κ1) is 11.1. The van der Waals surface area contributed by atoms with Crippen molar-refractivity contribution in [1.82, 2.24) is 5.32 Å². The minimum absolute atomic E-state index is 0.0784. The van der Waals surface area contributed by atoms with E-state index in [4.69, 9.17) is 5.11 Å². The number of nitrogens with one attached hydrogen (secondary N) is 1. The summed E-state index contributed by atoms with van der Waals surface area (Å²) in [5.74, 6) is -0.439. The number of rotatable bonds is 4. The molecule has 16 heavy (non-hydrogen) atoms. The van der Waals surface area contributed by atoms with Gasteiger partial charge in [0.15, 0.2) is 0 Å². The first-order valence-electron chi connectivity index (χ1n) is 5.34. The Labute approximate surface area is 93.3 Å². The average Bonchev–Trinajstić information content (AvgIpc) is 3.07. The van der Waals surface area contributed by atoms with Crippen molar-refractivity contribution in [3.63, 3.8) is 0 Å². The van der Waals surface area contributed by atoms with Gasteiger partial charge < -0.3 is 10.4 Å². The molecule has 0 aliphatic heterocycles. The van der Waals surface area contributed by atoms with Crippen LogP contribution in [0.5, 0.6) is 0 Å². The van der Waals surface area contributed by atoms with Gasteiger partial charge in [0.1, 0.15) is 5.82 Å². The summed E-state index contributed by atoms with van der Waals surface area (Å²) in [6.45, 7) is 0.168. The van der Waals surface area contributed by atoms with Crippen molar-refractivity contribution in [3.05, 3.63) is 35.6 Å². The molecule has 3 nitrogen and oxygen atoms in total. The molecule has 0 saturated heterocycles. The maximum Gasteiger partial charge on any atom is 0.230 e. The van der Waals surface area contributed by atoms with Gasteiger partial charge in [-0.05, 0) is 30.5 Å². The second-order valence-electron chi connectivity index (χ2n) is 4.07. The maximum absolute atomic E-state index is 13.1. The van der Waals surface area contributed by atoms with Gasteiger partial charge in [0, 0.05) is 6.54 Å². The molecule has 0 aromatic heterocycles. The summed E-state index contributed by atoms with van der Waals surface area (Å²) in [7, 11) is 0. The van der Waals surface area contributed by atoms with Gasteiger partial charge in [-0.15, -0.1) is 0 Å².